The molecule has 5 N–H and O–H groups in total. The van der Waals surface area contributed by atoms with E-state index in [1.165, 1.54) is 5.57 Å². The highest BCUT2D eigenvalue weighted by atomic mass is 16.5. The van der Waals surface area contributed by atoms with E-state index >= 15 is 0 Å². The summed E-state index contributed by atoms with van der Waals surface area (Å²) in [5.74, 6) is 0.304. The van der Waals surface area contributed by atoms with Crippen molar-refractivity contribution in [1.29, 1.82) is 0 Å². The Hall–Kier alpha value is -0.880. The van der Waals surface area contributed by atoms with Crippen molar-refractivity contribution in [2.24, 2.45) is 11.7 Å². The minimum Gasteiger partial charge on any atom is -0.375 e. The van der Waals surface area contributed by atoms with Crippen LogP contribution in [-0.4, -0.2) is 42.2 Å². The average Bonchev–Trinajstić information content (AvgIpc) is 2.55. The first kappa shape index (κ1) is 20.4. The maximum Gasteiger partial charge on any atom is 0.127 e. The van der Waals surface area contributed by atoms with Crippen molar-refractivity contribution in [2.75, 3.05) is 6.54 Å². The number of aliphatic hydroxyl groups excluding tert-OH is 1. The van der Waals surface area contributed by atoms with Crippen molar-refractivity contribution in [3.8, 4) is 0 Å². The monoisotopic (exact) mass is 351 g/mol. The van der Waals surface area contributed by atoms with Crippen LogP contribution in [0.4, 0.5) is 0 Å². The Balaban J connectivity index is 1.77. The van der Waals surface area contributed by atoms with Gasteiger partial charge in [-0.15, -0.1) is 0 Å². The fraction of sp³-hybridized carbons (Fsp3) is 0.800. The fourth-order valence-electron chi connectivity index (χ4n) is 3.75. The summed E-state index contributed by atoms with van der Waals surface area (Å²) in [7, 11) is 0. The number of hydrogen-bond donors (Lipinski definition) is 4. The van der Waals surface area contributed by atoms with Crippen molar-refractivity contribution in [2.45, 2.75) is 90.3 Å². The largest absolute Gasteiger partial charge is 0.375 e. The SMILES string of the molecule is CC1=CC(NC[C@H](C)OC(C)C)CC=C1N[C@H](O)C1CCC(N)CC1. The summed E-state index contributed by atoms with van der Waals surface area (Å²) >= 11 is 0. The molecule has 5 nitrogen and oxygen atoms in total. The zero-order valence-corrected chi connectivity index (χ0v) is 16.3. The first-order valence-corrected chi connectivity index (χ1v) is 9.83. The van der Waals surface area contributed by atoms with E-state index < -0.39 is 6.23 Å². The van der Waals surface area contributed by atoms with Crippen LogP contribution in [0.3, 0.4) is 0 Å². The number of hydrogen-bond acceptors (Lipinski definition) is 5. The third-order valence-electron chi connectivity index (χ3n) is 5.19. The van der Waals surface area contributed by atoms with Gasteiger partial charge < -0.3 is 26.2 Å². The maximum absolute atomic E-state index is 10.5. The van der Waals surface area contributed by atoms with Gasteiger partial charge in [0.1, 0.15) is 6.23 Å². The highest BCUT2D eigenvalue weighted by Gasteiger charge is 2.26. The number of allylic oxidation sites excluding steroid dienone is 1. The van der Waals surface area contributed by atoms with Gasteiger partial charge in [-0.25, -0.2) is 0 Å². The van der Waals surface area contributed by atoms with Crippen LogP contribution < -0.4 is 16.4 Å². The zero-order chi connectivity index (χ0) is 18.4. The number of nitrogens with one attached hydrogen (secondary N) is 2. The second kappa shape index (κ2) is 9.72. The van der Waals surface area contributed by atoms with Crippen molar-refractivity contribution < 1.29 is 9.84 Å². The van der Waals surface area contributed by atoms with Crippen molar-refractivity contribution in [3.63, 3.8) is 0 Å². The Bertz CT molecular complexity index is 468. The molecule has 0 aliphatic heterocycles. The summed E-state index contributed by atoms with van der Waals surface area (Å²) in [5.41, 5.74) is 8.21. The van der Waals surface area contributed by atoms with Gasteiger partial charge in [0.25, 0.3) is 0 Å². The predicted molar refractivity (Wildman–Crippen MR) is 103 cm³/mol. The Labute approximate surface area is 153 Å². The third kappa shape index (κ3) is 6.74. The normalized spacial score (nSPS) is 29.8. The van der Waals surface area contributed by atoms with Crippen LogP contribution in [-0.2, 0) is 4.74 Å². The summed E-state index contributed by atoms with van der Waals surface area (Å²) in [5, 5.41) is 17.4. The molecule has 0 heterocycles. The summed E-state index contributed by atoms with van der Waals surface area (Å²) < 4.78 is 5.76. The lowest BCUT2D eigenvalue weighted by Gasteiger charge is -2.32. The van der Waals surface area contributed by atoms with Crippen LogP contribution in [0.2, 0.25) is 0 Å². The molecule has 0 bridgehead atoms. The minimum atomic E-state index is -0.480. The van der Waals surface area contributed by atoms with E-state index in [0.717, 1.165) is 44.3 Å². The summed E-state index contributed by atoms with van der Waals surface area (Å²) in [4.78, 5) is 0. The van der Waals surface area contributed by atoms with E-state index in [4.69, 9.17) is 10.5 Å². The van der Waals surface area contributed by atoms with Gasteiger partial charge in [-0.3, -0.25) is 0 Å². The Morgan fingerprint density at radius 2 is 1.92 bits per heavy atom. The molecule has 1 saturated carbocycles. The van der Waals surface area contributed by atoms with E-state index in [2.05, 4.69) is 50.5 Å². The second-order valence-electron chi connectivity index (χ2n) is 7.98. The molecule has 0 aromatic rings. The average molecular weight is 352 g/mol. The molecule has 2 aliphatic carbocycles. The molecule has 3 atom stereocenters. The quantitative estimate of drug-likeness (QED) is 0.505. The van der Waals surface area contributed by atoms with Crippen molar-refractivity contribution in [3.05, 3.63) is 23.4 Å². The van der Waals surface area contributed by atoms with Crippen LogP contribution in [0, 0.1) is 5.92 Å². The third-order valence-corrected chi connectivity index (χ3v) is 5.19. The fourth-order valence-corrected chi connectivity index (χ4v) is 3.75. The molecule has 0 saturated heterocycles. The number of nitrogens with two attached hydrogens (primary N) is 1. The van der Waals surface area contributed by atoms with E-state index in [1.807, 2.05) is 0 Å². The van der Waals surface area contributed by atoms with Gasteiger partial charge in [-0.2, -0.15) is 0 Å². The van der Waals surface area contributed by atoms with Gasteiger partial charge in [-0.05, 0) is 65.4 Å². The van der Waals surface area contributed by atoms with Crippen LogP contribution in [0.5, 0.6) is 0 Å². The Kier molecular flexibility index (Phi) is 7.94. The summed E-state index contributed by atoms with van der Waals surface area (Å²) in [6.07, 6.45) is 9.38. The van der Waals surface area contributed by atoms with Gasteiger partial charge in [0, 0.05) is 30.2 Å². The molecule has 0 radical (unpaired) electrons. The van der Waals surface area contributed by atoms with Gasteiger partial charge in [0.2, 0.25) is 0 Å². The predicted octanol–water partition coefficient (Wildman–Crippen LogP) is 2.42. The maximum atomic E-state index is 10.5. The minimum absolute atomic E-state index is 0.205. The lowest BCUT2D eigenvalue weighted by atomic mass is 9.85. The van der Waals surface area contributed by atoms with Crippen molar-refractivity contribution in [1.82, 2.24) is 10.6 Å². The molecule has 2 rings (SSSR count). The van der Waals surface area contributed by atoms with E-state index in [1.54, 1.807) is 0 Å². The molecule has 5 heteroatoms. The molecule has 144 valence electrons. The topological polar surface area (TPSA) is 79.5 Å². The highest BCUT2D eigenvalue weighted by Crippen LogP contribution is 2.26. The van der Waals surface area contributed by atoms with Crippen LogP contribution in [0.25, 0.3) is 0 Å². The standard InChI is InChI=1S/C20H37N3O2/c1-13(2)25-15(4)12-22-18-9-10-19(14(3)11-18)23-20(24)16-5-7-17(21)8-6-16/h10-11,13,15-18,20,22-24H,5-9,12,21H2,1-4H3/t15-,16?,17?,18?,20+/m0/s1. The first-order chi connectivity index (χ1) is 11.8. The number of ether oxygens (including phenoxy) is 1. The molecule has 0 spiro atoms. The van der Waals surface area contributed by atoms with E-state index in [-0.39, 0.29) is 12.2 Å². The lowest BCUT2D eigenvalue weighted by Crippen LogP contribution is -2.41. The molecule has 1 fully saturated rings. The molecule has 2 aliphatic rings. The molecule has 0 amide bonds. The van der Waals surface area contributed by atoms with Gasteiger partial charge >= 0.3 is 0 Å². The summed E-state index contributed by atoms with van der Waals surface area (Å²) in [6, 6.07) is 0.640. The highest BCUT2D eigenvalue weighted by molar-refractivity contribution is 5.33. The molecular formula is C20H37N3O2. The molecule has 0 aromatic heterocycles. The number of aliphatic hydroxyl groups is 1. The number of rotatable bonds is 8. The van der Waals surface area contributed by atoms with Gasteiger partial charge in [0.15, 0.2) is 0 Å². The van der Waals surface area contributed by atoms with Gasteiger partial charge in [0.05, 0.1) is 12.2 Å². The van der Waals surface area contributed by atoms with E-state index in [0.29, 0.717) is 18.0 Å². The lowest BCUT2D eigenvalue weighted by molar-refractivity contribution is 0.0188. The molecule has 1 unspecified atom stereocenters. The molecule has 25 heavy (non-hydrogen) atoms. The first-order valence-electron chi connectivity index (χ1n) is 9.83. The van der Waals surface area contributed by atoms with Crippen LogP contribution in [0.1, 0.15) is 59.8 Å². The second-order valence-corrected chi connectivity index (χ2v) is 7.98. The molecular weight excluding hydrogens is 314 g/mol. The smallest absolute Gasteiger partial charge is 0.127 e. The van der Waals surface area contributed by atoms with Crippen LogP contribution >= 0.6 is 0 Å². The van der Waals surface area contributed by atoms with Crippen LogP contribution in [0.15, 0.2) is 23.4 Å². The zero-order valence-electron chi connectivity index (χ0n) is 16.3. The Morgan fingerprint density at radius 1 is 1.24 bits per heavy atom. The Morgan fingerprint density at radius 3 is 2.52 bits per heavy atom. The van der Waals surface area contributed by atoms with Gasteiger partial charge in [-0.1, -0.05) is 12.2 Å². The van der Waals surface area contributed by atoms with Crippen molar-refractivity contribution >= 4 is 0 Å². The molecule has 0 aromatic carbocycles. The summed E-state index contributed by atoms with van der Waals surface area (Å²) in [6.45, 7) is 9.17. The van der Waals surface area contributed by atoms with E-state index in [9.17, 15) is 5.11 Å².